The molecule has 1 amide bonds. The van der Waals surface area contributed by atoms with Gasteiger partial charge in [-0.15, -0.1) is 10.2 Å². The maximum Gasteiger partial charge on any atom is 0.321 e. The zero-order valence-electron chi connectivity index (χ0n) is 19.0. The number of nitrogens with zero attached hydrogens (tertiary/aromatic N) is 5. The van der Waals surface area contributed by atoms with E-state index in [1.807, 2.05) is 6.92 Å². The third-order valence-corrected chi connectivity index (χ3v) is 5.97. The number of pyridine rings is 2. The summed E-state index contributed by atoms with van der Waals surface area (Å²) in [6.45, 7) is 2.42. The third-order valence-electron chi connectivity index (χ3n) is 5.97. The number of hydrogen-bond donors (Lipinski definition) is 2. The van der Waals surface area contributed by atoms with Crippen molar-refractivity contribution in [1.82, 2.24) is 25.1 Å². The molecule has 10 heteroatoms. The normalized spacial score (nSPS) is 17.0. The molecule has 1 fully saturated rings. The molecule has 1 aliphatic carbocycles. The van der Waals surface area contributed by atoms with E-state index in [1.165, 1.54) is 18.3 Å². The van der Waals surface area contributed by atoms with E-state index in [2.05, 4.69) is 20.5 Å². The number of nitrogens with one attached hydrogen (secondary N) is 1. The summed E-state index contributed by atoms with van der Waals surface area (Å²) in [5.74, 6) is 0.844. The first kappa shape index (κ1) is 22.5. The van der Waals surface area contributed by atoms with Gasteiger partial charge in [-0.3, -0.25) is 14.6 Å². The van der Waals surface area contributed by atoms with Crippen molar-refractivity contribution in [2.75, 3.05) is 6.61 Å². The number of rotatable bonds is 7. The van der Waals surface area contributed by atoms with E-state index in [-0.39, 0.29) is 23.6 Å². The molecule has 1 aliphatic rings. The van der Waals surface area contributed by atoms with E-state index < -0.39 is 5.82 Å². The van der Waals surface area contributed by atoms with Crippen LogP contribution in [0.2, 0.25) is 0 Å². The van der Waals surface area contributed by atoms with Crippen LogP contribution in [0.25, 0.3) is 17.2 Å². The van der Waals surface area contributed by atoms with Crippen LogP contribution in [0.15, 0.2) is 67.0 Å². The summed E-state index contributed by atoms with van der Waals surface area (Å²) in [6, 6.07) is 14.7. The van der Waals surface area contributed by atoms with E-state index in [0.717, 1.165) is 4.73 Å². The Kier molecular flexibility index (Phi) is 6.09. The van der Waals surface area contributed by atoms with Crippen molar-refractivity contribution in [2.45, 2.75) is 31.7 Å². The second-order valence-electron chi connectivity index (χ2n) is 8.25. The minimum atomic E-state index is -0.401. The molecule has 1 saturated carbocycles. The van der Waals surface area contributed by atoms with Crippen molar-refractivity contribution in [3.8, 4) is 23.0 Å². The number of para-hydroxylation sites is 1. The molecule has 0 bridgehead atoms. The van der Waals surface area contributed by atoms with Crippen LogP contribution < -0.4 is 14.8 Å². The Hall–Kier alpha value is -4.34. The molecule has 0 spiro atoms. The second-order valence-corrected chi connectivity index (χ2v) is 8.25. The Bertz CT molecular complexity index is 1350. The second kappa shape index (κ2) is 9.49. The Morgan fingerprint density at radius 3 is 2.69 bits per heavy atom. The molecule has 0 unspecified atom stereocenters. The lowest BCUT2D eigenvalue weighted by Gasteiger charge is -2.35. The minimum absolute atomic E-state index is 0.0409. The summed E-state index contributed by atoms with van der Waals surface area (Å²) >= 11 is 0. The maximum absolute atomic E-state index is 14.9. The van der Waals surface area contributed by atoms with Crippen LogP contribution in [0.3, 0.4) is 0 Å². The van der Waals surface area contributed by atoms with Gasteiger partial charge in [-0.2, -0.15) is 0 Å². The lowest BCUT2D eigenvalue weighted by Crippen LogP contribution is -2.48. The highest BCUT2D eigenvalue weighted by Crippen LogP contribution is 2.39. The summed E-state index contributed by atoms with van der Waals surface area (Å²) in [7, 11) is 0. The van der Waals surface area contributed by atoms with Gasteiger partial charge in [-0.1, -0.05) is 12.1 Å². The zero-order chi connectivity index (χ0) is 24.4. The van der Waals surface area contributed by atoms with Crippen LogP contribution in [-0.2, 0) is 0 Å². The van der Waals surface area contributed by atoms with Gasteiger partial charge in [0.1, 0.15) is 23.1 Å². The number of carbonyl (C=O) groups excluding carboxylic acids is 1. The van der Waals surface area contributed by atoms with E-state index in [4.69, 9.17) is 4.74 Å². The predicted molar refractivity (Wildman–Crippen MR) is 123 cm³/mol. The van der Waals surface area contributed by atoms with Crippen LogP contribution in [0.4, 0.5) is 4.39 Å². The molecule has 0 aliphatic heterocycles. The molecular formula is C25H24FN6O3+. The summed E-state index contributed by atoms with van der Waals surface area (Å²) in [5, 5.41) is 21.5. The van der Waals surface area contributed by atoms with Crippen LogP contribution in [0.5, 0.6) is 5.75 Å². The van der Waals surface area contributed by atoms with E-state index in [0.29, 0.717) is 48.2 Å². The topological polar surface area (TPSA) is 106 Å². The largest absolute Gasteiger partial charge is 0.492 e. The van der Waals surface area contributed by atoms with Crippen LogP contribution >= 0.6 is 0 Å². The van der Waals surface area contributed by atoms with Crippen molar-refractivity contribution in [2.24, 2.45) is 0 Å². The highest BCUT2D eigenvalue weighted by Gasteiger charge is 2.37. The standard InChI is InChI=1S/C25H23FN6O3/c1-2-35-18-10-11-20(27-15-18)24-30-29-23(32(24)21-8-4-3-7-19(21)26)16-13-17(14-16)28-25(33)22-9-5-6-12-31(22)34/h3-12,15-17H,2,13-14H2,1H3,(H-,28,33,34)/p+1. The summed E-state index contributed by atoms with van der Waals surface area (Å²) < 4.78 is 22.8. The van der Waals surface area contributed by atoms with E-state index in [1.54, 1.807) is 53.2 Å². The van der Waals surface area contributed by atoms with E-state index in [9.17, 15) is 14.4 Å². The molecule has 9 nitrogen and oxygen atoms in total. The van der Waals surface area contributed by atoms with Crippen molar-refractivity contribution in [3.05, 3.63) is 84.3 Å². The van der Waals surface area contributed by atoms with Gasteiger partial charge in [0.25, 0.3) is 0 Å². The monoisotopic (exact) mass is 475 g/mol. The van der Waals surface area contributed by atoms with E-state index >= 15 is 0 Å². The highest BCUT2D eigenvalue weighted by molar-refractivity contribution is 5.91. The molecule has 0 radical (unpaired) electrons. The molecule has 1 aromatic carbocycles. The van der Waals surface area contributed by atoms with Crippen molar-refractivity contribution < 1.29 is 23.9 Å². The van der Waals surface area contributed by atoms with Crippen LogP contribution in [-0.4, -0.2) is 43.5 Å². The fourth-order valence-electron chi connectivity index (χ4n) is 4.18. The van der Waals surface area contributed by atoms with Gasteiger partial charge in [0.15, 0.2) is 5.82 Å². The number of amides is 1. The van der Waals surface area contributed by atoms with Gasteiger partial charge in [0.2, 0.25) is 6.20 Å². The summed E-state index contributed by atoms with van der Waals surface area (Å²) in [4.78, 5) is 17.0. The molecule has 3 aromatic heterocycles. The average molecular weight is 476 g/mol. The lowest BCUT2D eigenvalue weighted by molar-refractivity contribution is -0.905. The number of benzene rings is 1. The van der Waals surface area contributed by atoms with Crippen LogP contribution in [0.1, 0.15) is 42.0 Å². The Labute approximate surface area is 200 Å². The number of hydrogen-bond acceptors (Lipinski definition) is 6. The minimum Gasteiger partial charge on any atom is -0.492 e. The SMILES string of the molecule is CCOc1ccc(-c2nnc(C3CC(NC(=O)c4cccc[n+]4O)C3)n2-c2ccccc2F)nc1. The summed E-state index contributed by atoms with van der Waals surface area (Å²) in [6.07, 6.45) is 4.21. The summed E-state index contributed by atoms with van der Waals surface area (Å²) in [5.41, 5.74) is 1.02. The smallest absolute Gasteiger partial charge is 0.321 e. The molecule has 178 valence electrons. The molecule has 35 heavy (non-hydrogen) atoms. The molecule has 4 aromatic rings. The average Bonchev–Trinajstić information content (AvgIpc) is 3.26. The molecule has 2 N–H and O–H groups in total. The maximum atomic E-state index is 14.9. The molecule has 5 rings (SSSR count). The van der Waals surface area contributed by atoms with Gasteiger partial charge >= 0.3 is 11.6 Å². The van der Waals surface area contributed by atoms with Crippen molar-refractivity contribution in [3.63, 3.8) is 0 Å². The number of aromatic nitrogens is 5. The Morgan fingerprint density at radius 2 is 1.97 bits per heavy atom. The van der Waals surface area contributed by atoms with Crippen LogP contribution in [0, 0.1) is 5.82 Å². The quantitative estimate of drug-likeness (QED) is 0.314. The van der Waals surface area contributed by atoms with Gasteiger partial charge in [0, 0.05) is 28.8 Å². The number of ether oxygens (including phenoxy) is 1. The fourth-order valence-corrected chi connectivity index (χ4v) is 4.18. The fraction of sp³-hybridized carbons (Fsp3) is 0.240. The van der Waals surface area contributed by atoms with Gasteiger partial charge in [0.05, 0.1) is 18.5 Å². The van der Waals surface area contributed by atoms with Crippen molar-refractivity contribution in [1.29, 1.82) is 0 Å². The van der Waals surface area contributed by atoms with Gasteiger partial charge < -0.3 is 10.1 Å². The molecular weight excluding hydrogens is 451 g/mol. The first-order valence-corrected chi connectivity index (χ1v) is 11.4. The Morgan fingerprint density at radius 1 is 1.17 bits per heavy atom. The molecule has 0 atom stereocenters. The molecule has 0 saturated heterocycles. The lowest BCUT2D eigenvalue weighted by atomic mass is 9.79. The predicted octanol–water partition coefficient (Wildman–Crippen LogP) is 3.07. The molecule has 3 heterocycles. The number of carbonyl (C=O) groups is 1. The Balaban J connectivity index is 1.40. The zero-order valence-corrected chi connectivity index (χ0v) is 19.0. The first-order chi connectivity index (χ1) is 17.0. The van der Waals surface area contributed by atoms with Crippen molar-refractivity contribution >= 4 is 5.91 Å². The number of halogens is 1. The highest BCUT2D eigenvalue weighted by atomic mass is 19.1. The van der Waals surface area contributed by atoms with Gasteiger partial charge in [-0.05, 0) is 50.1 Å². The van der Waals surface area contributed by atoms with Gasteiger partial charge in [-0.25, -0.2) is 9.37 Å². The first-order valence-electron chi connectivity index (χ1n) is 11.4. The third kappa shape index (κ3) is 4.42.